The van der Waals surface area contributed by atoms with Crippen LogP contribution in [0.1, 0.15) is 24.8 Å². The Labute approximate surface area is 205 Å². The number of hydrogen-bond donors (Lipinski definition) is 0. The highest BCUT2D eigenvalue weighted by Gasteiger charge is 2.33. The summed E-state index contributed by atoms with van der Waals surface area (Å²) >= 11 is 0. The molecule has 8 heteroatoms. The number of piperazine rings is 2. The van der Waals surface area contributed by atoms with Gasteiger partial charge in [-0.2, -0.15) is 13.2 Å². The number of carbonyl (C=O) groups is 1. The van der Waals surface area contributed by atoms with E-state index in [9.17, 15) is 18.0 Å². The number of rotatable bonds is 5. The van der Waals surface area contributed by atoms with E-state index < -0.39 is 11.7 Å². The first-order valence-electron chi connectivity index (χ1n) is 12.6. The maximum Gasteiger partial charge on any atom is 0.417 e. The Balaban J connectivity index is 1.12. The van der Waals surface area contributed by atoms with Crippen molar-refractivity contribution in [3.8, 4) is 11.1 Å². The normalized spacial score (nSPS) is 20.7. The quantitative estimate of drug-likeness (QED) is 0.634. The minimum atomic E-state index is -4.38. The molecule has 2 aromatic carbocycles. The molecule has 2 aromatic rings. The molecule has 1 aliphatic carbocycles. The van der Waals surface area contributed by atoms with Gasteiger partial charge in [-0.15, -0.1) is 0 Å². The lowest BCUT2D eigenvalue weighted by molar-refractivity contribution is -0.137. The molecule has 3 fully saturated rings. The van der Waals surface area contributed by atoms with Crippen LogP contribution in [0.4, 0.5) is 18.9 Å². The molecular weight excluding hydrogens is 453 g/mol. The van der Waals surface area contributed by atoms with E-state index in [-0.39, 0.29) is 11.5 Å². The maximum absolute atomic E-state index is 13.4. The van der Waals surface area contributed by atoms with Gasteiger partial charge < -0.3 is 9.80 Å². The number of carbonyl (C=O) groups excluding carboxylic acids is 1. The zero-order chi connectivity index (χ0) is 24.4. The van der Waals surface area contributed by atoms with Crippen molar-refractivity contribution in [2.45, 2.75) is 31.5 Å². The molecule has 5 nitrogen and oxygen atoms in total. The van der Waals surface area contributed by atoms with Crippen LogP contribution in [0.5, 0.6) is 0 Å². The van der Waals surface area contributed by atoms with Gasteiger partial charge in [-0.1, -0.05) is 36.8 Å². The second kappa shape index (κ2) is 10.2. The average Bonchev–Trinajstić information content (AvgIpc) is 2.83. The van der Waals surface area contributed by atoms with E-state index in [0.717, 1.165) is 70.2 Å². The second-order valence-corrected chi connectivity index (χ2v) is 9.85. The molecule has 188 valence electrons. The zero-order valence-corrected chi connectivity index (χ0v) is 20.0. The lowest BCUT2D eigenvalue weighted by Crippen LogP contribution is -2.56. The third-order valence-electron chi connectivity index (χ3n) is 7.77. The largest absolute Gasteiger partial charge is 0.417 e. The molecule has 2 saturated heterocycles. The number of benzene rings is 2. The lowest BCUT2D eigenvalue weighted by Gasteiger charge is -2.43. The van der Waals surface area contributed by atoms with Gasteiger partial charge in [0, 0.05) is 64.1 Å². The SMILES string of the molecule is O=C(CN1CCN(c2ccc(-c3ccccc3C(F)(F)F)cc2)CC1)N1CCN(C2CCC2)CC1. The van der Waals surface area contributed by atoms with E-state index in [1.54, 1.807) is 18.2 Å². The van der Waals surface area contributed by atoms with Crippen LogP contribution in [0.15, 0.2) is 48.5 Å². The molecule has 0 radical (unpaired) electrons. The fraction of sp³-hybridized carbons (Fsp3) is 0.519. The Kier molecular flexibility index (Phi) is 7.02. The molecule has 3 aliphatic rings. The average molecular weight is 487 g/mol. The minimum Gasteiger partial charge on any atom is -0.369 e. The van der Waals surface area contributed by atoms with E-state index in [1.807, 2.05) is 17.0 Å². The number of anilines is 1. The number of alkyl halides is 3. The molecule has 0 atom stereocenters. The summed E-state index contributed by atoms with van der Waals surface area (Å²) in [5.41, 5.74) is 1.14. The zero-order valence-electron chi connectivity index (χ0n) is 20.0. The van der Waals surface area contributed by atoms with Crippen LogP contribution in [0, 0.1) is 0 Å². The van der Waals surface area contributed by atoms with Gasteiger partial charge >= 0.3 is 6.18 Å². The van der Waals surface area contributed by atoms with Gasteiger partial charge in [0.1, 0.15) is 0 Å². The van der Waals surface area contributed by atoms with Crippen molar-refractivity contribution in [1.82, 2.24) is 14.7 Å². The highest BCUT2D eigenvalue weighted by atomic mass is 19.4. The molecule has 1 saturated carbocycles. The molecule has 0 N–H and O–H groups in total. The summed E-state index contributed by atoms with van der Waals surface area (Å²) < 4.78 is 40.1. The van der Waals surface area contributed by atoms with Crippen LogP contribution in [0.3, 0.4) is 0 Å². The summed E-state index contributed by atoms with van der Waals surface area (Å²) in [6.45, 7) is 7.30. The van der Waals surface area contributed by atoms with Crippen molar-refractivity contribution in [2.24, 2.45) is 0 Å². The first kappa shape index (κ1) is 24.1. The van der Waals surface area contributed by atoms with Gasteiger partial charge in [0.15, 0.2) is 0 Å². The summed E-state index contributed by atoms with van der Waals surface area (Å²) in [7, 11) is 0. The van der Waals surface area contributed by atoms with Crippen molar-refractivity contribution in [2.75, 3.05) is 63.8 Å². The minimum absolute atomic E-state index is 0.198. The predicted molar refractivity (Wildman–Crippen MR) is 131 cm³/mol. The molecule has 1 amide bonds. The van der Waals surface area contributed by atoms with Crippen molar-refractivity contribution in [3.63, 3.8) is 0 Å². The van der Waals surface area contributed by atoms with Gasteiger partial charge in [0.05, 0.1) is 12.1 Å². The van der Waals surface area contributed by atoms with E-state index in [4.69, 9.17) is 0 Å². The predicted octanol–water partition coefficient (Wildman–Crippen LogP) is 4.19. The number of halogens is 3. The Hall–Kier alpha value is -2.58. The first-order valence-corrected chi connectivity index (χ1v) is 12.6. The third kappa shape index (κ3) is 5.48. The highest BCUT2D eigenvalue weighted by molar-refractivity contribution is 5.78. The topological polar surface area (TPSA) is 30.0 Å². The van der Waals surface area contributed by atoms with Crippen LogP contribution < -0.4 is 4.90 Å². The Morgan fingerprint density at radius 2 is 1.49 bits per heavy atom. The van der Waals surface area contributed by atoms with Gasteiger partial charge in [0.2, 0.25) is 5.91 Å². The first-order chi connectivity index (χ1) is 16.9. The molecule has 0 aromatic heterocycles. The fourth-order valence-corrected chi connectivity index (χ4v) is 5.38. The number of nitrogens with zero attached hydrogens (tertiary/aromatic N) is 4. The van der Waals surface area contributed by atoms with Crippen LogP contribution in [-0.4, -0.2) is 85.6 Å². The van der Waals surface area contributed by atoms with E-state index in [0.29, 0.717) is 12.1 Å². The van der Waals surface area contributed by atoms with Crippen LogP contribution in [0.2, 0.25) is 0 Å². The van der Waals surface area contributed by atoms with E-state index >= 15 is 0 Å². The summed E-state index contributed by atoms with van der Waals surface area (Å²) in [6.07, 6.45) is -0.428. The molecular formula is C27H33F3N4O. The van der Waals surface area contributed by atoms with E-state index in [2.05, 4.69) is 14.7 Å². The summed E-state index contributed by atoms with van der Waals surface area (Å²) in [4.78, 5) is 21.8. The maximum atomic E-state index is 13.4. The Morgan fingerprint density at radius 1 is 0.829 bits per heavy atom. The van der Waals surface area contributed by atoms with Crippen LogP contribution in [0.25, 0.3) is 11.1 Å². The summed E-state index contributed by atoms with van der Waals surface area (Å²) in [5.74, 6) is 0.222. The van der Waals surface area contributed by atoms with Gasteiger partial charge in [-0.25, -0.2) is 0 Å². The third-order valence-corrected chi connectivity index (χ3v) is 7.77. The highest BCUT2D eigenvalue weighted by Crippen LogP contribution is 2.37. The molecule has 35 heavy (non-hydrogen) atoms. The van der Waals surface area contributed by atoms with Crippen molar-refractivity contribution < 1.29 is 18.0 Å². The molecule has 2 aliphatic heterocycles. The second-order valence-electron chi connectivity index (χ2n) is 9.85. The smallest absolute Gasteiger partial charge is 0.369 e. The fourth-order valence-electron chi connectivity index (χ4n) is 5.38. The molecule has 5 rings (SSSR count). The van der Waals surface area contributed by atoms with Gasteiger partial charge in [0.25, 0.3) is 0 Å². The Morgan fingerprint density at radius 3 is 2.09 bits per heavy atom. The van der Waals surface area contributed by atoms with Crippen molar-refractivity contribution in [3.05, 3.63) is 54.1 Å². The standard InChI is InChI=1S/C27H33F3N4O/c28-27(29,30)25-7-2-1-6-24(25)21-8-10-23(11-9-21)32-14-12-31(13-15-32)20-26(35)34-18-16-33(17-19-34)22-4-3-5-22/h1-2,6-11,22H,3-5,12-20H2. The monoisotopic (exact) mass is 486 g/mol. The van der Waals surface area contributed by atoms with Crippen molar-refractivity contribution in [1.29, 1.82) is 0 Å². The van der Waals surface area contributed by atoms with Gasteiger partial charge in [-0.05, 0) is 42.2 Å². The molecule has 0 bridgehead atoms. The summed E-state index contributed by atoms with van der Waals surface area (Å²) in [5, 5.41) is 0. The lowest BCUT2D eigenvalue weighted by atomic mass is 9.91. The van der Waals surface area contributed by atoms with Gasteiger partial charge in [-0.3, -0.25) is 14.6 Å². The number of amides is 1. The molecule has 0 unspecified atom stereocenters. The van der Waals surface area contributed by atoms with E-state index in [1.165, 1.54) is 31.4 Å². The van der Waals surface area contributed by atoms with Crippen LogP contribution >= 0.6 is 0 Å². The number of hydrogen-bond acceptors (Lipinski definition) is 4. The molecule has 0 spiro atoms. The summed E-state index contributed by atoms with van der Waals surface area (Å²) in [6, 6.07) is 13.7. The van der Waals surface area contributed by atoms with Crippen LogP contribution in [-0.2, 0) is 11.0 Å². The van der Waals surface area contributed by atoms with Crippen molar-refractivity contribution >= 4 is 11.6 Å². The molecule has 2 heterocycles. The Bertz CT molecular complexity index is 1010.